The Bertz CT molecular complexity index is 433. The highest BCUT2D eigenvalue weighted by molar-refractivity contribution is 7.89. The van der Waals surface area contributed by atoms with Crippen LogP contribution in [0.2, 0.25) is 0 Å². The number of nitrogens with zero attached hydrogens (tertiary/aromatic N) is 1. The minimum atomic E-state index is -3.43. The van der Waals surface area contributed by atoms with E-state index in [0.29, 0.717) is 12.4 Å². The molecule has 0 aromatic carbocycles. The smallest absolute Gasteiger partial charge is 0.257 e. The zero-order valence-corrected chi connectivity index (χ0v) is 9.26. The number of hydrogen-bond donors (Lipinski definition) is 3. The summed E-state index contributed by atoms with van der Waals surface area (Å²) in [5, 5.41) is 3.23. The molecule has 0 amide bonds. The van der Waals surface area contributed by atoms with Gasteiger partial charge in [-0.2, -0.15) is 0 Å². The maximum absolute atomic E-state index is 11.8. The molecule has 1 saturated heterocycles. The first-order valence-electron chi connectivity index (χ1n) is 4.82. The fraction of sp³-hybridized carbons (Fsp3) is 0.625. The molecule has 1 aliphatic rings. The highest BCUT2D eigenvalue weighted by atomic mass is 32.2. The number of rotatable bonds is 3. The van der Waals surface area contributed by atoms with Crippen molar-refractivity contribution in [3.63, 3.8) is 0 Å². The summed E-state index contributed by atoms with van der Waals surface area (Å²) < 4.78 is 26.2. The van der Waals surface area contributed by atoms with Gasteiger partial charge >= 0.3 is 0 Å². The lowest BCUT2D eigenvalue weighted by Crippen LogP contribution is -2.36. The summed E-state index contributed by atoms with van der Waals surface area (Å²) in [7, 11) is -3.43. The molecule has 0 aliphatic carbocycles. The summed E-state index contributed by atoms with van der Waals surface area (Å²) in [6.07, 6.45) is 2.16. The van der Waals surface area contributed by atoms with Gasteiger partial charge in [0, 0.05) is 12.6 Å². The Hall–Kier alpha value is -0.920. The average molecular weight is 230 g/mol. The second-order valence-electron chi connectivity index (χ2n) is 3.64. The standard InChI is InChI=1S/C8H14N4O2S/c1-6-10-5-8(11-6)15(13,14)12-7-2-3-9-4-7/h5,7,9,12H,2-4H2,1H3,(H,10,11)/t7-/m0/s1. The first kappa shape index (κ1) is 10.6. The van der Waals surface area contributed by atoms with Crippen LogP contribution < -0.4 is 10.0 Å². The van der Waals surface area contributed by atoms with Crippen molar-refractivity contribution in [1.29, 1.82) is 0 Å². The first-order chi connectivity index (χ1) is 7.08. The van der Waals surface area contributed by atoms with Gasteiger partial charge in [-0.1, -0.05) is 0 Å². The molecule has 0 spiro atoms. The lowest BCUT2D eigenvalue weighted by Gasteiger charge is -2.09. The van der Waals surface area contributed by atoms with Gasteiger partial charge in [0.2, 0.25) is 0 Å². The topological polar surface area (TPSA) is 86.9 Å². The molecule has 1 aromatic rings. The molecule has 1 aromatic heterocycles. The Morgan fingerprint density at radius 1 is 1.60 bits per heavy atom. The van der Waals surface area contributed by atoms with Crippen LogP contribution >= 0.6 is 0 Å². The van der Waals surface area contributed by atoms with Crippen LogP contribution in [0.5, 0.6) is 0 Å². The van der Waals surface area contributed by atoms with Gasteiger partial charge in [0.25, 0.3) is 10.0 Å². The highest BCUT2D eigenvalue weighted by Crippen LogP contribution is 2.08. The minimum absolute atomic E-state index is 0.0152. The van der Waals surface area contributed by atoms with E-state index in [1.54, 1.807) is 6.92 Å². The normalized spacial score (nSPS) is 22.1. The average Bonchev–Trinajstić information content (AvgIpc) is 2.75. The molecule has 1 aliphatic heterocycles. The van der Waals surface area contributed by atoms with Gasteiger partial charge in [0.05, 0.1) is 6.20 Å². The van der Waals surface area contributed by atoms with E-state index in [2.05, 4.69) is 20.0 Å². The molecule has 3 N–H and O–H groups in total. The Labute approximate surface area is 88.5 Å². The minimum Gasteiger partial charge on any atom is -0.332 e. The van der Waals surface area contributed by atoms with Gasteiger partial charge in [0.1, 0.15) is 5.82 Å². The van der Waals surface area contributed by atoms with Crippen LogP contribution in [0.25, 0.3) is 0 Å². The summed E-state index contributed by atoms with van der Waals surface area (Å²) in [5.41, 5.74) is 0. The number of aryl methyl sites for hydroxylation is 1. The lowest BCUT2D eigenvalue weighted by molar-refractivity contribution is 0.557. The Balaban J connectivity index is 2.12. The van der Waals surface area contributed by atoms with E-state index in [9.17, 15) is 8.42 Å². The van der Waals surface area contributed by atoms with Crippen molar-refractivity contribution in [3.8, 4) is 0 Å². The molecule has 15 heavy (non-hydrogen) atoms. The van der Waals surface area contributed by atoms with Crippen LogP contribution in [0.3, 0.4) is 0 Å². The molecule has 7 heteroatoms. The number of imidazole rings is 1. The largest absolute Gasteiger partial charge is 0.332 e. The van der Waals surface area contributed by atoms with Gasteiger partial charge in [-0.15, -0.1) is 0 Å². The fourth-order valence-electron chi connectivity index (χ4n) is 1.57. The summed E-state index contributed by atoms with van der Waals surface area (Å²) >= 11 is 0. The molecule has 0 saturated carbocycles. The predicted molar refractivity (Wildman–Crippen MR) is 54.9 cm³/mol. The van der Waals surface area contributed by atoms with Gasteiger partial charge in [-0.3, -0.25) is 0 Å². The van der Waals surface area contributed by atoms with Crippen molar-refractivity contribution >= 4 is 10.0 Å². The molecule has 1 fully saturated rings. The molecule has 1 atom stereocenters. The van der Waals surface area contributed by atoms with E-state index < -0.39 is 10.0 Å². The Kier molecular flexibility index (Phi) is 2.76. The van der Waals surface area contributed by atoms with Crippen LogP contribution in [0.15, 0.2) is 11.2 Å². The van der Waals surface area contributed by atoms with Crippen molar-refractivity contribution in [1.82, 2.24) is 20.0 Å². The molecule has 2 rings (SSSR count). The first-order valence-corrected chi connectivity index (χ1v) is 6.31. The predicted octanol–water partition coefficient (Wildman–Crippen LogP) is -0.642. The van der Waals surface area contributed by atoms with Crippen molar-refractivity contribution in [2.75, 3.05) is 13.1 Å². The Morgan fingerprint density at radius 2 is 2.40 bits per heavy atom. The summed E-state index contributed by atoms with van der Waals surface area (Å²) in [5.74, 6) is 0.597. The molecule has 84 valence electrons. The van der Waals surface area contributed by atoms with Crippen LogP contribution in [0.1, 0.15) is 12.2 Å². The SMILES string of the molecule is Cc1ncc(S(=O)(=O)N[C@H]2CCNC2)[nH]1. The van der Waals surface area contributed by atoms with E-state index in [1.165, 1.54) is 6.20 Å². The molecule has 0 bridgehead atoms. The second kappa shape index (κ2) is 3.92. The summed E-state index contributed by atoms with van der Waals surface area (Å²) in [4.78, 5) is 6.58. The zero-order valence-electron chi connectivity index (χ0n) is 8.45. The second-order valence-corrected chi connectivity index (χ2v) is 5.33. The maximum Gasteiger partial charge on any atom is 0.257 e. The maximum atomic E-state index is 11.8. The van der Waals surface area contributed by atoms with E-state index >= 15 is 0 Å². The van der Waals surface area contributed by atoms with E-state index in [0.717, 1.165) is 13.0 Å². The van der Waals surface area contributed by atoms with Crippen molar-refractivity contribution < 1.29 is 8.42 Å². The number of aromatic nitrogens is 2. The molecule has 2 heterocycles. The van der Waals surface area contributed by atoms with Gasteiger partial charge in [-0.05, 0) is 19.9 Å². The third-order valence-corrected chi connectivity index (χ3v) is 3.78. The van der Waals surface area contributed by atoms with Crippen molar-refractivity contribution in [2.45, 2.75) is 24.4 Å². The monoisotopic (exact) mass is 230 g/mol. The number of hydrogen-bond acceptors (Lipinski definition) is 4. The van der Waals surface area contributed by atoms with E-state index in [-0.39, 0.29) is 11.1 Å². The van der Waals surface area contributed by atoms with Gasteiger partial charge in [-0.25, -0.2) is 18.1 Å². The van der Waals surface area contributed by atoms with Crippen LogP contribution in [0.4, 0.5) is 0 Å². The quantitative estimate of drug-likeness (QED) is 0.644. The number of nitrogens with one attached hydrogen (secondary N) is 3. The highest BCUT2D eigenvalue weighted by Gasteiger charge is 2.23. The summed E-state index contributed by atoms with van der Waals surface area (Å²) in [6.45, 7) is 3.26. The van der Waals surface area contributed by atoms with Crippen molar-refractivity contribution in [2.24, 2.45) is 0 Å². The molecule has 6 nitrogen and oxygen atoms in total. The van der Waals surface area contributed by atoms with E-state index in [4.69, 9.17) is 0 Å². The number of H-pyrrole nitrogens is 1. The fourth-order valence-corrected chi connectivity index (χ4v) is 2.81. The van der Waals surface area contributed by atoms with Gasteiger partial charge < -0.3 is 10.3 Å². The third kappa shape index (κ3) is 2.36. The van der Waals surface area contributed by atoms with Gasteiger partial charge in [0.15, 0.2) is 5.03 Å². The zero-order chi connectivity index (χ0) is 10.9. The molecular weight excluding hydrogens is 216 g/mol. The van der Waals surface area contributed by atoms with Crippen LogP contribution in [-0.2, 0) is 10.0 Å². The number of aromatic amines is 1. The summed E-state index contributed by atoms with van der Waals surface area (Å²) in [6, 6.07) is -0.0152. The number of sulfonamides is 1. The van der Waals surface area contributed by atoms with Crippen LogP contribution in [-0.4, -0.2) is 37.5 Å². The third-order valence-electron chi connectivity index (χ3n) is 2.35. The molecule has 0 radical (unpaired) electrons. The Morgan fingerprint density at radius 3 is 2.93 bits per heavy atom. The molecular formula is C8H14N4O2S. The van der Waals surface area contributed by atoms with E-state index in [1.807, 2.05) is 0 Å². The molecule has 0 unspecified atom stereocenters. The lowest BCUT2D eigenvalue weighted by atomic mass is 10.3. The van der Waals surface area contributed by atoms with Crippen molar-refractivity contribution in [3.05, 3.63) is 12.0 Å². The van der Waals surface area contributed by atoms with Crippen LogP contribution in [0, 0.1) is 6.92 Å².